The van der Waals surface area contributed by atoms with Gasteiger partial charge in [0.1, 0.15) is 0 Å². The summed E-state index contributed by atoms with van der Waals surface area (Å²) in [6.45, 7) is 7.75. The van der Waals surface area contributed by atoms with Crippen molar-refractivity contribution < 1.29 is 4.79 Å². The van der Waals surface area contributed by atoms with Crippen LogP contribution in [-0.2, 0) is 13.6 Å². The van der Waals surface area contributed by atoms with E-state index in [1.165, 1.54) is 0 Å². The molecule has 0 aromatic carbocycles. The normalized spacial score (nSPS) is 11.2. The summed E-state index contributed by atoms with van der Waals surface area (Å²) in [7, 11) is 1.87. The van der Waals surface area contributed by atoms with Crippen LogP contribution in [0.1, 0.15) is 38.3 Å². The second-order valence-electron chi connectivity index (χ2n) is 7.59. The molecule has 2 N–H and O–H groups in total. The first kappa shape index (κ1) is 19.6. The third-order valence-electron chi connectivity index (χ3n) is 5.44. The Labute approximate surface area is 173 Å². The summed E-state index contributed by atoms with van der Waals surface area (Å²) in [4.78, 5) is 28.3. The number of rotatable bonds is 4. The molecule has 0 atom stereocenters. The van der Waals surface area contributed by atoms with Gasteiger partial charge in [-0.05, 0) is 62.6 Å². The maximum atomic E-state index is 13.2. The summed E-state index contributed by atoms with van der Waals surface area (Å²) in [6.07, 6.45) is 3.49. The minimum atomic E-state index is -0.247. The molecule has 0 saturated carbocycles. The fourth-order valence-corrected chi connectivity index (χ4v) is 4.02. The van der Waals surface area contributed by atoms with Crippen molar-refractivity contribution in [3.63, 3.8) is 0 Å². The Balaban J connectivity index is 1.78. The summed E-state index contributed by atoms with van der Waals surface area (Å²) in [5, 5.41) is 11.7. The van der Waals surface area contributed by atoms with Crippen LogP contribution in [0.3, 0.4) is 0 Å². The Kier molecular flexibility index (Phi) is 4.77. The highest BCUT2D eigenvalue weighted by atomic mass is 16.2. The van der Waals surface area contributed by atoms with E-state index < -0.39 is 0 Å². The molecule has 8 nitrogen and oxygen atoms in total. The average Bonchev–Trinajstić information content (AvgIpc) is 3.16. The molecule has 0 radical (unpaired) electrons. The predicted molar refractivity (Wildman–Crippen MR) is 115 cm³/mol. The number of aryl methyl sites for hydroxylation is 4. The molecule has 4 heterocycles. The SMILES string of the molecule is Cc1cc(C)c(CNC(=O)c2c(C)c(-c3c(C)cnn3C)n3ncccc23)c(=O)[nH]1. The van der Waals surface area contributed by atoms with E-state index in [0.717, 1.165) is 33.8 Å². The Morgan fingerprint density at radius 1 is 1.13 bits per heavy atom. The predicted octanol–water partition coefficient (Wildman–Crippen LogP) is 2.59. The Bertz CT molecular complexity index is 1320. The average molecular weight is 404 g/mol. The zero-order chi connectivity index (χ0) is 21.6. The molecule has 0 aliphatic carbocycles. The van der Waals surface area contributed by atoms with Crippen molar-refractivity contribution in [2.75, 3.05) is 0 Å². The molecule has 4 aromatic heterocycles. The van der Waals surface area contributed by atoms with E-state index >= 15 is 0 Å². The quantitative estimate of drug-likeness (QED) is 0.546. The Morgan fingerprint density at radius 3 is 2.57 bits per heavy atom. The Hall–Kier alpha value is -3.68. The molecule has 0 aliphatic rings. The van der Waals surface area contributed by atoms with Crippen LogP contribution in [-0.4, -0.2) is 30.3 Å². The van der Waals surface area contributed by atoms with Crippen molar-refractivity contribution in [2.45, 2.75) is 34.2 Å². The van der Waals surface area contributed by atoms with E-state index in [4.69, 9.17) is 0 Å². The van der Waals surface area contributed by atoms with Crippen molar-refractivity contribution in [3.05, 3.63) is 74.5 Å². The molecule has 0 fully saturated rings. The van der Waals surface area contributed by atoms with Gasteiger partial charge in [-0.3, -0.25) is 14.3 Å². The third-order valence-corrected chi connectivity index (χ3v) is 5.44. The molecule has 0 unspecified atom stereocenters. The molecule has 4 aromatic rings. The molecule has 4 rings (SSSR count). The number of pyridine rings is 1. The van der Waals surface area contributed by atoms with Gasteiger partial charge in [0.15, 0.2) is 0 Å². The van der Waals surface area contributed by atoms with Crippen LogP contribution in [0.5, 0.6) is 0 Å². The maximum absolute atomic E-state index is 13.2. The first-order chi connectivity index (χ1) is 14.3. The van der Waals surface area contributed by atoms with Crippen LogP contribution in [0.25, 0.3) is 16.9 Å². The molecule has 30 heavy (non-hydrogen) atoms. The van der Waals surface area contributed by atoms with E-state index in [1.807, 2.05) is 46.9 Å². The van der Waals surface area contributed by atoms with Crippen LogP contribution in [0.4, 0.5) is 0 Å². The van der Waals surface area contributed by atoms with Crippen LogP contribution in [0, 0.1) is 27.7 Å². The van der Waals surface area contributed by atoms with Gasteiger partial charge in [0.05, 0.1) is 28.7 Å². The zero-order valence-corrected chi connectivity index (χ0v) is 17.7. The van der Waals surface area contributed by atoms with Crippen molar-refractivity contribution in [1.82, 2.24) is 29.7 Å². The van der Waals surface area contributed by atoms with Crippen LogP contribution in [0.15, 0.2) is 35.4 Å². The summed E-state index contributed by atoms with van der Waals surface area (Å²) < 4.78 is 3.56. The first-order valence-corrected chi connectivity index (χ1v) is 9.72. The van der Waals surface area contributed by atoms with Gasteiger partial charge < -0.3 is 10.3 Å². The number of amides is 1. The molecule has 0 spiro atoms. The number of nitrogens with zero attached hydrogens (tertiary/aromatic N) is 4. The van der Waals surface area contributed by atoms with E-state index in [1.54, 1.807) is 27.7 Å². The van der Waals surface area contributed by atoms with Crippen molar-refractivity contribution >= 4 is 11.4 Å². The standard InChI is InChI=1S/C22H24N6O2/c1-12-9-14(3)26-21(29)16(12)11-23-22(30)18-15(4)20(19-13(2)10-25-27(19)5)28-17(18)7-6-8-24-28/h6-10H,11H2,1-5H3,(H,23,30)(H,26,29). The van der Waals surface area contributed by atoms with Gasteiger partial charge in [-0.2, -0.15) is 10.2 Å². The number of H-pyrrole nitrogens is 1. The number of aromatic nitrogens is 5. The number of nitrogens with one attached hydrogen (secondary N) is 2. The van der Waals surface area contributed by atoms with E-state index in [0.29, 0.717) is 16.6 Å². The topological polar surface area (TPSA) is 97.1 Å². The van der Waals surface area contributed by atoms with Gasteiger partial charge in [0.25, 0.3) is 11.5 Å². The molecule has 1 amide bonds. The number of hydrogen-bond acceptors (Lipinski definition) is 4. The second kappa shape index (κ2) is 7.29. The van der Waals surface area contributed by atoms with Crippen LogP contribution in [0.2, 0.25) is 0 Å². The summed E-state index contributed by atoms with van der Waals surface area (Å²) in [5.41, 5.74) is 6.81. The number of carbonyl (C=O) groups is 1. The molecular formula is C22H24N6O2. The van der Waals surface area contributed by atoms with Crippen LogP contribution >= 0.6 is 0 Å². The molecule has 0 aliphatic heterocycles. The molecule has 154 valence electrons. The molecular weight excluding hydrogens is 380 g/mol. The van der Waals surface area contributed by atoms with Crippen molar-refractivity contribution in [1.29, 1.82) is 0 Å². The van der Waals surface area contributed by atoms with Crippen LogP contribution < -0.4 is 10.9 Å². The number of carbonyl (C=O) groups excluding carboxylic acids is 1. The highest BCUT2D eigenvalue weighted by Crippen LogP contribution is 2.32. The highest BCUT2D eigenvalue weighted by Gasteiger charge is 2.25. The van der Waals surface area contributed by atoms with E-state index in [2.05, 4.69) is 20.5 Å². The van der Waals surface area contributed by atoms with Gasteiger partial charge in [-0.1, -0.05) is 0 Å². The van der Waals surface area contributed by atoms with Gasteiger partial charge in [-0.25, -0.2) is 4.52 Å². The van der Waals surface area contributed by atoms with E-state index in [-0.39, 0.29) is 18.0 Å². The fraction of sp³-hybridized carbons (Fsp3) is 0.273. The summed E-state index contributed by atoms with van der Waals surface area (Å²) in [5.74, 6) is -0.247. The fourth-order valence-electron chi connectivity index (χ4n) is 4.02. The number of aromatic amines is 1. The maximum Gasteiger partial charge on any atom is 0.254 e. The lowest BCUT2D eigenvalue weighted by molar-refractivity contribution is 0.0952. The monoisotopic (exact) mass is 404 g/mol. The number of fused-ring (bicyclic) bond motifs is 1. The molecule has 0 bridgehead atoms. The number of hydrogen-bond donors (Lipinski definition) is 2. The van der Waals surface area contributed by atoms with Gasteiger partial charge in [-0.15, -0.1) is 0 Å². The lowest BCUT2D eigenvalue weighted by Gasteiger charge is -2.09. The third kappa shape index (κ3) is 3.10. The Morgan fingerprint density at radius 2 is 1.90 bits per heavy atom. The minimum absolute atomic E-state index is 0.150. The lowest BCUT2D eigenvalue weighted by Crippen LogP contribution is -2.28. The smallest absolute Gasteiger partial charge is 0.254 e. The minimum Gasteiger partial charge on any atom is -0.348 e. The summed E-state index contributed by atoms with van der Waals surface area (Å²) in [6, 6.07) is 5.57. The van der Waals surface area contributed by atoms with Crippen molar-refractivity contribution in [2.24, 2.45) is 7.05 Å². The zero-order valence-electron chi connectivity index (χ0n) is 17.7. The van der Waals surface area contributed by atoms with Gasteiger partial charge in [0.2, 0.25) is 0 Å². The lowest BCUT2D eigenvalue weighted by atomic mass is 10.1. The largest absolute Gasteiger partial charge is 0.348 e. The van der Waals surface area contributed by atoms with Gasteiger partial charge in [0, 0.05) is 31.0 Å². The van der Waals surface area contributed by atoms with E-state index in [9.17, 15) is 9.59 Å². The summed E-state index contributed by atoms with van der Waals surface area (Å²) >= 11 is 0. The highest BCUT2D eigenvalue weighted by molar-refractivity contribution is 6.04. The van der Waals surface area contributed by atoms with Gasteiger partial charge >= 0.3 is 0 Å². The molecule has 0 saturated heterocycles. The first-order valence-electron chi connectivity index (χ1n) is 9.72. The van der Waals surface area contributed by atoms with Crippen molar-refractivity contribution in [3.8, 4) is 11.4 Å². The second-order valence-corrected chi connectivity index (χ2v) is 7.59. The molecule has 8 heteroatoms.